The van der Waals surface area contributed by atoms with Gasteiger partial charge in [-0.2, -0.15) is 0 Å². The Morgan fingerprint density at radius 3 is 2.43 bits per heavy atom. The molecule has 138 valence electrons. The number of hydrogen-bond acceptors (Lipinski definition) is 3. The van der Waals surface area contributed by atoms with Crippen LogP contribution >= 0.6 is 15.9 Å². The summed E-state index contributed by atoms with van der Waals surface area (Å²) < 4.78 is 15.9. The molecule has 28 heavy (non-hydrogen) atoms. The molecule has 0 saturated heterocycles. The summed E-state index contributed by atoms with van der Waals surface area (Å²) in [4.78, 5) is 17.1. The molecule has 0 atom stereocenters. The third-order valence-electron chi connectivity index (χ3n) is 4.00. The van der Waals surface area contributed by atoms with Crippen molar-refractivity contribution in [1.29, 1.82) is 0 Å². The predicted octanol–water partition coefficient (Wildman–Crippen LogP) is 5.09. The van der Waals surface area contributed by atoms with Crippen LogP contribution in [-0.4, -0.2) is 20.7 Å². The lowest BCUT2D eigenvalue weighted by molar-refractivity contribution is 0.101. The summed E-state index contributed by atoms with van der Waals surface area (Å²) in [6.07, 6.45) is 0. The second-order valence-electron chi connectivity index (χ2n) is 5.98. The van der Waals surface area contributed by atoms with Crippen LogP contribution in [0, 0.1) is 5.82 Å². The molecule has 1 N–H and O–H groups in total. The summed E-state index contributed by atoms with van der Waals surface area (Å²) in [6.45, 7) is 0. The van der Waals surface area contributed by atoms with Crippen LogP contribution in [0.5, 0.6) is 0 Å². The van der Waals surface area contributed by atoms with Gasteiger partial charge in [0.25, 0.3) is 5.91 Å². The van der Waals surface area contributed by atoms with Crippen LogP contribution in [0.2, 0.25) is 0 Å². The van der Waals surface area contributed by atoms with Gasteiger partial charge < -0.3 is 5.32 Å². The maximum Gasteiger partial charge on any atom is 0.295 e. The molecule has 0 aliphatic rings. The number of hydrogen-bond donors (Lipinski definition) is 1. The first-order valence-electron chi connectivity index (χ1n) is 8.45. The lowest BCUT2D eigenvalue weighted by Gasteiger charge is -2.05. The minimum atomic E-state index is -0.515. The van der Waals surface area contributed by atoms with Crippen molar-refractivity contribution < 1.29 is 9.18 Å². The monoisotopic (exact) mass is 436 g/mol. The SMILES string of the molecule is O=C(Nc1cccc(F)c1)c1nc(-c2ccccc2)n(-c2ccc(Br)cc2)n1. The molecule has 4 rings (SSSR count). The van der Waals surface area contributed by atoms with E-state index in [4.69, 9.17) is 0 Å². The Bertz CT molecular complexity index is 1130. The van der Waals surface area contributed by atoms with Crippen LogP contribution in [0.15, 0.2) is 83.3 Å². The zero-order valence-corrected chi connectivity index (χ0v) is 16.1. The standard InChI is InChI=1S/C21H14BrFN4O/c22-15-9-11-18(12-10-15)27-20(14-5-2-1-3-6-14)25-19(26-27)21(28)24-17-8-4-7-16(23)13-17/h1-13H,(H,24,28). The summed E-state index contributed by atoms with van der Waals surface area (Å²) in [7, 11) is 0. The van der Waals surface area contributed by atoms with Gasteiger partial charge in [0.15, 0.2) is 5.82 Å². The van der Waals surface area contributed by atoms with Crippen molar-refractivity contribution in [3.8, 4) is 17.1 Å². The van der Waals surface area contributed by atoms with Crippen LogP contribution in [0.3, 0.4) is 0 Å². The van der Waals surface area contributed by atoms with Crippen LogP contribution in [0.1, 0.15) is 10.6 Å². The maximum absolute atomic E-state index is 13.4. The number of amides is 1. The highest BCUT2D eigenvalue weighted by Gasteiger charge is 2.19. The normalized spacial score (nSPS) is 10.6. The number of rotatable bonds is 4. The lowest BCUT2D eigenvalue weighted by atomic mass is 10.2. The molecule has 0 saturated carbocycles. The van der Waals surface area contributed by atoms with E-state index in [1.165, 1.54) is 18.2 Å². The van der Waals surface area contributed by atoms with E-state index in [0.29, 0.717) is 11.5 Å². The van der Waals surface area contributed by atoms with Gasteiger partial charge in [0, 0.05) is 15.7 Å². The first-order chi connectivity index (χ1) is 13.6. The molecule has 4 aromatic rings. The maximum atomic E-state index is 13.4. The van der Waals surface area contributed by atoms with E-state index in [9.17, 15) is 9.18 Å². The van der Waals surface area contributed by atoms with E-state index >= 15 is 0 Å². The highest BCUT2D eigenvalue weighted by Crippen LogP contribution is 2.23. The minimum absolute atomic E-state index is 0.00830. The van der Waals surface area contributed by atoms with Gasteiger partial charge in [0.05, 0.1) is 5.69 Å². The fraction of sp³-hybridized carbons (Fsp3) is 0. The first kappa shape index (κ1) is 18.1. The van der Waals surface area contributed by atoms with E-state index in [2.05, 4.69) is 31.3 Å². The zero-order valence-electron chi connectivity index (χ0n) is 14.5. The van der Waals surface area contributed by atoms with Crippen molar-refractivity contribution in [2.45, 2.75) is 0 Å². The molecule has 0 bridgehead atoms. The fourth-order valence-electron chi connectivity index (χ4n) is 2.70. The Labute approximate surface area is 169 Å². The van der Waals surface area contributed by atoms with Crippen LogP contribution < -0.4 is 5.32 Å². The van der Waals surface area contributed by atoms with Crippen molar-refractivity contribution in [1.82, 2.24) is 14.8 Å². The Morgan fingerprint density at radius 2 is 1.71 bits per heavy atom. The van der Waals surface area contributed by atoms with Gasteiger partial charge >= 0.3 is 0 Å². The van der Waals surface area contributed by atoms with Gasteiger partial charge in [-0.25, -0.2) is 14.1 Å². The summed E-state index contributed by atoms with van der Waals surface area (Å²) in [5, 5.41) is 7.02. The van der Waals surface area contributed by atoms with Crippen molar-refractivity contribution in [3.63, 3.8) is 0 Å². The summed E-state index contributed by atoms with van der Waals surface area (Å²) in [5.74, 6) is -0.423. The lowest BCUT2D eigenvalue weighted by Crippen LogP contribution is -2.14. The molecule has 1 amide bonds. The van der Waals surface area contributed by atoms with E-state index in [-0.39, 0.29) is 5.82 Å². The second kappa shape index (κ2) is 7.74. The molecular weight excluding hydrogens is 423 g/mol. The number of halogens is 2. The smallest absolute Gasteiger partial charge is 0.295 e. The third-order valence-corrected chi connectivity index (χ3v) is 4.52. The van der Waals surface area contributed by atoms with E-state index in [1.54, 1.807) is 10.7 Å². The van der Waals surface area contributed by atoms with Gasteiger partial charge in [0.1, 0.15) is 5.82 Å². The number of nitrogens with one attached hydrogen (secondary N) is 1. The number of aromatic nitrogens is 3. The molecule has 3 aromatic carbocycles. The summed E-state index contributed by atoms with van der Waals surface area (Å²) in [6, 6.07) is 22.7. The van der Waals surface area contributed by atoms with Gasteiger partial charge in [-0.15, -0.1) is 5.10 Å². The average molecular weight is 437 g/mol. The van der Waals surface area contributed by atoms with Crippen molar-refractivity contribution in [2.75, 3.05) is 5.32 Å². The Balaban J connectivity index is 1.74. The predicted molar refractivity (Wildman–Crippen MR) is 109 cm³/mol. The van der Waals surface area contributed by atoms with Crippen molar-refractivity contribution in [3.05, 3.63) is 95.0 Å². The quantitative estimate of drug-likeness (QED) is 0.484. The zero-order chi connectivity index (χ0) is 19.5. The molecule has 1 heterocycles. The number of benzene rings is 3. The largest absolute Gasteiger partial charge is 0.319 e. The van der Waals surface area contributed by atoms with E-state index in [1.807, 2.05) is 54.6 Å². The van der Waals surface area contributed by atoms with Gasteiger partial charge in [-0.3, -0.25) is 4.79 Å². The Kier molecular flexibility index (Phi) is 4.99. The van der Waals surface area contributed by atoms with E-state index < -0.39 is 11.7 Å². The minimum Gasteiger partial charge on any atom is -0.319 e. The van der Waals surface area contributed by atoms with Crippen molar-refractivity contribution >= 4 is 27.5 Å². The molecule has 0 unspecified atom stereocenters. The topological polar surface area (TPSA) is 59.8 Å². The second-order valence-corrected chi connectivity index (χ2v) is 6.89. The first-order valence-corrected chi connectivity index (χ1v) is 9.25. The highest BCUT2D eigenvalue weighted by atomic mass is 79.9. The summed E-state index contributed by atoms with van der Waals surface area (Å²) in [5.41, 5.74) is 1.92. The number of nitrogens with zero attached hydrogens (tertiary/aromatic N) is 3. The molecule has 1 aromatic heterocycles. The number of carbonyl (C=O) groups is 1. The molecular formula is C21H14BrFN4O. The molecule has 0 aliphatic heterocycles. The third kappa shape index (κ3) is 3.84. The van der Waals surface area contributed by atoms with Gasteiger partial charge in [-0.05, 0) is 42.5 Å². The highest BCUT2D eigenvalue weighted by molar-refractivity contribution is 9.10. The Hall–Kier alpha value is -3.32. The summed E-state index contributed by atoms with van der Waals surface area (Å²) >= 11 is 3.41. The van der Waals surface area contributed by atoms with Crippen LogP contribution in [0.25, 0.3) is 17.1 Å². The van der Waals surface area contributed by atoms with E-state index in [0.717, 1.165) is 15.7 Å². The van der Waals surface area contributed by atoms with Crippen LogP contribution in [0.4, 0.5) is 10.1 Å². The fourth-order valence-corrected chi connectivity index (χ4v) is 2.96. The number of anilines is 1. The number of carbonyl (C=O) groups excluding carboxylic acids is 1. The van der Waals surface area contributed by atoms with Crippen LogP contribution in [-0.2, 0) is 0 Å². The van der Waals surface area contributed by atoms with Gasteiger partial charge in [0.2, 0.25) is 5.82 Å². The van der Waals surface area contributed by atoms with Gasteiger partial charge in [-0.1, -0.05) is 52.3 Å². The molecule has 0 radical (unpaired) electrons. The average Bonchev–Trinajstić information content (AvgIpc) is 3.15. The molecule has 5 nitrogen and oxygen atoms in total. The van der Waals surface area contributed by atoms with Crippen molar-refractivity contribution in [2.24, 2.45) is 0 Å². The Morgan fingerprint density at radius 1 is 0.964 bits per heavy atom. The molecule has 7 heteroatoms. The molecule has 0 fully saturated rings. The molecule has 0 spiro atoms. The molecule has 0 aliphatic carbocycles.